The molecule has 23 heavy (non-hydrogen) atoms. The highest BCUT2D eigenvalue weighted by molar-refractivity contribution is 6.34. The number of fused-ring (bicyclic) bond motifs is 1. The summed E-state index contributed by atoms with van der Waals surface area (Å²) in [5.74, 6) is 3.45. The van der Waals surface area contributed by atoms with Crippen molar-refractivity contribution >= 4 is 23.2 Å². The van der Waals surface area contributed by atoms with Crippen molar-refractivity contribution in [1.29, 1.82) is 0 Å². The number of benzene rings is 2. The van der Waals surface area contributed by atoms with Crippen molar-refractivity contribution in [2.24, 2.45) is 0 Å². The molecule has 1 heterocycles. The Kier molecular flexibility index (Phi) is 4.03. The lowest BCUT2D eigenvalue weighted by Crippen LogP contribution is -2.03. The van der Waals surface area contributed by atoms with Gasteiger partial charge in [-0.1, -0.05) is 30.2 Å². The number of carbonyl (C=O) groups excluding carboxylic acids is 1. The van der Waals surface area contributed by atoms with E-state index in [4.69, 9.17) is 15.9 Å². The van der Waals surface area contributed by atoms with Crippen molar-refractivity contribution in [2.75, 3.05) is 19.0 Å². The van der Waals surface area contributed by atoms with Crippen LogP contribution in [0, 0.1) is 12.3 Å². The van der Waals surface area contributed by atoms with Crippen LogP contribution in [0.5, 0.6) is 11.5 Å². The van der Waals surface area contributed by atoms with E-state index in [1.807, 2.05) is 42.5 Å². The third-order valence-corrected chi connectivity index (χ3v) is 3.52. The molecule has 114 valence electrons. The van der Waals surface area contributed by atoms with Crippen LogP contribution in [0.3, 0.4) is 0 Å². The van der Waals surface area contributed by atoms with Gasteiger partial charge in [0.25, 0.3) is 5.91 Å². The highest BCUT2D eigenvalue weighted by Crippen LogP contribution is 2.34. The number of nitrogens with one attached hydrogen (secondary N) is 1. The Balaban J connectivity index is 1.97. The second-order valence-electron chi connectivity index (χ2n) is 4.96. The van der Waals surface area contributed by atoms with E-state index in [9.17, 15) is 4.79 Å². The first-order valence-electron chi connectivity index (χ1n) is 7.09. The lowest BCUT2D eigenvalue weighted by atomic mass is 10.0. The summed E-state index contributed by atoms with van der Waals surface area (Å²) in [5, 5.41) is 2.85. The van der Waals surface area contributed by atoms with Gasteiger partial charge in [-0.3, -0.25) is 4.79 Å². The molecule has 2 aromatic carbocycles. The second kappa shape index (κ2) is 6.29. The van der Waals surface area contributed by atoms with Crippen LogP contribution in [0.1, 0.15) is 11.1 Å². The minimum atomic E-state index is -0.113. The molecule has 1 aliphatic heterocycles. The fourth-order valence-corrected chi connectivity index (χ4v) is 2.46. The molecule has 0 bridgehead atoms. The maximum atomic E-state index is 12.1. The Morgan fingerprint density at radius 3 is 2.83 bits per heavy atom. The average molecular weight is 305 g/mol. The van der Waals surface area contributed by atoms with Crippen molar-refractivity contribution in [2.45, 2.75) is 0 Å². The van der Waals surface area contributed by atoms with E-state index in [-0.39, 0.29) is 12.5 Å². The standard InChI is InChI=1S/C19H15NO3/c1-3-10-23-17-9-8-13(12-18(17)22-2)11-15-14-6-4-5-7-16(14)20-19(15)21/h1,4-9,11-12H,10H2,2H3,(H,20,21)/b15-11-. The zero-order chi connectivity index (χ0) is 16.2. The third kappa shape index (κ3) is 2.90. The van der Waals surface area contributed by atoms with Crippen LogP contribution in [0.2, 0.25) is 0 Å². The number of para-hydroxylation sites is 1. The molecule has 0 radical (unpaired) electrons. The van der Waals surface area contributed by atoms with E-state index in [0.29, 0.717) is 17.1 Å². The number of ether oxygens (including phenoxy) is 2. The maximum absolute atomic E-state index is 12.1. The monoisotopic (exact) mass is 305 g/mol. The van der Waals surface area contributed by atoms with Gasteiger partial charge in [0.05, 0.1) is 7.11 Å². The molecule has 0 fully saturated rings. The normalized spacial score (nSPS) is 14.1. The molecule has 0 aliphatic carbocycles. The van der Waals surface area contributed by atoms with Crippen LogP contribution in [-0.4, -0.2) is 19.6 Å². The molecule has 2 aromatic rings. The quantitative estimate of drug-likeness (QED) is 0.697. The van der Waals surface area contributed by atoms with E-state index < -0.39 is 0 Å². The van der Waals surface area contributed by atoms with Crippen LogP contribution >= 0.6 is 0 Å². The Bertz CT molecular complexity index is 831. The van der Waals surface area contributed by atoms with Gasteiger partial charge in [0, 0.05) is 16.8 Å². The van der Waals surface area contributed by atoms with Gasteiger partial charge in [-0.05, 0) is 29.8 Å². The SMILES string of the molecule is C#CCOc1ccc(/C=C2\C(=O)Nc3ccccc32)cc1OC. The molecule has 0 saturated heterocycles. The number of methoxy groups -OCH3 is 1. The van der Waals surface area contributed by atoms with E-state index in [0.717, 1.165) is 16.8 Å². The molecule has 4 nitrogen and oxygen atoms in total. The smallest absolute Gasteiger partial charge is 0.256 e. The zero-order valence-corrected chi connectivity index (χ0v) is 12.6. The number of hydrogen-bond acceptors (Lipinski definition) is 3. The molecule has 0 spiro atoms. The van der Waals surface area contributed by atoms with Crippen molar-refractivity contribution < 1.29 is 14.3 Å². The minimum Gasteiger partial charge on any atom is -0.493 e. The summed E-state index contributed by atoms with van der Waals surface area (Å²) in [7, 11) is 1.56. The second-order valence-corrected chi connectivity index (χ2v) is 4.96. The summed E-state index contributed by atoms with van der Waals surface area (Å²) < 4.78 is 10.7. The van der Waals surface area contributed by atoms with E-state index in [1.165, 1.54) is 0 Å². The molecule has 0 unspecified atom stereocenters. The van der Waals surface area contributed by atoms with Gasteiger partial charge in [0.2, 0.25) is 0 Å². The fourth-order valence-electron chi connectivity index (χ4n) is 2.46. The van der Waals surface area contributed by atoms with Gasteiger partial charge in [0.15, 0.2) is 11.5 Å². The number of amides is 1. The van der Waals surface area contributed by atoms with Gasteiger partial charge in [-0.2, -0.15) is 0 Å². The summed E-state index contributed by atoms with van der Waals surface area (Å²) in [5.41, 5.74) is 3.19. The first kappa shape index (κ1) is 14.7. The highest BCUT2D eigenvalue weighted by Gasteiger charge is 2.23. The van der Waals surface area contributed by atoms with Crippen LogP contribution < -0.4 is 14.8 Å². The topological polar surface area (TPSA) is 47.6 Å². The van der Waals surface area contributed by atoms with Crippen LogP contribution in [0.15, 0.2) is 42.5 Å². The summed E-state index contributed by atoms with van der Waals surface area (Å²) in [6, 6.07) is 13.0. The van der Waals surface area contributed by atoms with E-state index in [2.05, 4.69) is 11.2 Å². The predicted octanol–water partition coefficient (Wildman–Crippen LogP) is 3.20. The largest absolute Gasteiger partial charge is 0.493 e. The number of terminal acetylenes is 1. The van der Waals surface area contributed by atoms with Crippen LogP contribution in [-0.2, 0) is 4.79 Å². The minimum absolute atomic E-state index is 0.113. The fraction of sp³-hybridized carbons (Fsp3) is 0.105. The Labute approximate surface area is 134 Å². The van der Waals surface area contributed by atoms with Gasteiger partial charge < -0.3 is 14.8 Å². The molecule has 0 saturated carbocycles. The van der Waals surface area contributed by atoms with Gasteiger partial charge in [-0.25, -0.2) is 0 Å². The Morgan fingerprint density at radius 1 is 1.22 bits per heavy atom. The molecule has 1 amide bonds. The average Bonchev–Trinajstić information content (AvgIpc) is 2.89. The van der Waals surface area contributed by atoms with Gasteiger partial charge >= 0.3 is 0 Å². The van der Waals surface area contributed by atoms with Crippen molar-refractivity contribution in [1.82, 2.24) is 0 Å². The molecule has 4 heteroatoms. The highest BCUT2D eigenvalue weighted by atomic mass is 16.5. The first-order valence-corrected chi connectivity index (χ1v) is 7.09. The van der Waals surface area contributed by atoms with Gasteiger partial charge in [-0.15, -0.1) is 6.42 Å². The number of rotatable bonds is 4. The Hall–Kier alpha value is -3.19. The lowest BCUT2D eigenvalue weighted by molar-refractivity contribution is -0.110. The van der Waals surface area contributed by atoms with Crippen molar-refractivity contribution in [3.05, 3.63) is 53.6 Å². The van der Waals surface area contributed by atoms with E-state index in [1.54, 1.807) is 13.2 Å². The summed E-state index contributed by atoms with van der Waals surface area (Å²) in [6.07, 6.45) is 7.03. The zero-order valence-electron chi connectivity index (χ0n) is 12.6. The summed E-state index contributed by atoms with van der Waals surface area (Å²) in [6.45, 7) is 0.173. The first-order chi connectivity index (χ1) is 11.2. The van der Waals surface area contributed by atoms with E-state index >= 15 is 0 Å². The number of anilines is 1. The Morgan fingerprint density at radius 2 is 2.04 bits per heavy atom. The predicted molar refractivity (Wildman–Crippen MR) is 90.3 cm³/mol. The third-order valence-electron chi connectivity index (χ3n) is 3.52. The molecular formula is C19H15NO3. The number of carbonyl (C=O) groups is 1. The molecule has 0 atom stereocenters. The maximum Gasteiger partial charge on any atom is 0.256 e. The summed E-state index contributed by atoms with van der Waals surface area (Å²) >= 11 is 0. The lowest BCUT2D eigenvalue weighted by Gasteiger charge is -2.09. The van der Waals surface area contributed by atoms with Crippen molar-refractivity contribution in [3.63, 3.8) is 0 Å². The van der Waals surface area contributed by atoms with Crippen LogP contribution in [0.4, 0.5) is 5.69 Å². The van der Waals surface area contributed by atoms with Crippen LogP contribution in [0.25, 0.3) is 11.6 Å². The number of hydrogen-bond donors (Lipinski definition) is 1. The van der Waals surface area contributed by atoms with Gasteiger partial charge in [0.1, 0.15) is 6.61 Å². The molecule has 0 aromatic heterocycles. The summed E-state index contributed by atoms with van der Waals surface area (Å²) in [4.78, 5) is 12.1. The molecule has 3 rings (SSSR count). The van der Waals surface area contributed by atoms with Crippen molar-refractivity contribution in [3.8, 4) is 23.8 Å². The molecule has 1 aliphatic rings. The molecule has 1 N–H and O–H groups in total. The molecular weight excluding hydrogens is 290 g/mol.